The quantitative estimate of drug-likeness (QED) is 0.0632. The van der Waals surface area contributed by atoms with Gasteiger partial charge in [0.05, 0.1) is 21.1 Å². The number of allylic oxidation sites excluding steroid dienone is 2. The Kier molecular flexibility index (Phi) is 13.6. The molecular formula is C51H44F6N2S6. The molecule has 0 radical (unpaired) electrons. The summed E-state index contributed by atoms with van der Waals surface area (Å²) in [5.41, 5.74) is -1.20. The molecule has 8 aromatic heterocycles. The van der Waals surface area contributed by atoms with Crippen LogP contribution in [0.1, 0.15) is 86.1 Å². The number of nitrogens with zero attached hydrogens (tertiary/aromatic N) is 2. The van der Waals surface area contributed by atoms with Gasteiger partial charge in [0.2, 0.25) is 0 Å². The van der Waals surface area contributed by atoms with Crippen molar-refractivity contribution < 1.29 is 26.3 Å². The van der Waals surface area contributed by atoms with Crippen LogP contribution in [0.15, 0.2) is 109 Å². The highest BCUT2D eigenvalue weighted by atomic mass is 32.1. The van der Waals surface area contributed by atoms with Crippen molar-refractivity contribution in [3.8, 4) is 60.2 Å². The first-order chi connectivity index (χ1) is 31.4. The molecule has 0 bridgehead atoms. The van der Waals surface area contributed by atoms with Gasteiger partial charge in [0.1, 0.15) is 0 Å². The number of thiophene rings is 6. The summed E-state index contributed by atoms with van der Waals surface area (Å²) in [4.78, 5) is 18.3. The minimum atomic E-state index is -5.66. The van der Waals surface area contributed by atoms with Gasteiger partial charge < -0.3 is 0 Å². The highest BCUT2D eigenvalue weighted by Gasteiger charge is 2.80. The van der Waals surface area contributed by atoms with Gasteiger partial charge in [-0.1, -0.05) is 64.5 Å². The molecule has 336 valence electrons. The average Bonchev–Trinajstić information content (AvgIpc) is 4.17. The molecule has 0 spiro atoms. The van der Waals surface area contributed by atoms with E-state index in [0.29, 0.717) is 45.2 Å². The predicted octanol–water partition coefficient (Wildman–Crippen LogP) is 18.9. The molecule has 8 aromatic rings. The Morgan fingerprint density at radius 1 is 0.400 bits per heavy atom. The molecule has 0 N–H and O–H groups in total. The van der Waals surface area contributed by atoms with Crippen molar-refractivity contribution in [3.05, 3.63) is 130 Å². The van der Waals surface area contributed by atoms with Crippen LogP contribution in [-0.2, 0) is 12.8 Å². The molecule has 0 saturated carbocycles. The maximum absolute atomic E-state index is 16.8. The second-order valence-corrected chi connectivity index (χ2v) is 22.7. The van der Waals surface area contributed by atoms with Crippen molar-refractivity contribution in [2.45, 2.75) is 95.8 Å². The first-order valence-corrected chi connectivity index (χ1v) is 26.7. The smallest absolute Gasteiger partial charge is 0.255 e. The summed E-state index contributed by atoms with van der Waals surface area (Å²) in [6.45, 7) is 4.12. The minimum absolute atomic E-state index is 0.202. The van der Waals surface area contributed by atoms with Crippen molar-refractivity contribution in [1.82, 2.24) is 9.97 Å². The summed E-state index contributed by atoms with van der Waals surface area (Å²) < 4.78 is 99.2. The Morgan fingerprint density at radius 2 is 0.754 bits per heavy atom. The topological polar surface area (TPSA) is 25.8 Å². The van der Waals surface area contributed by atoms with Crippen LogP contribution >= 0.6 is 68.0 Å². The molecule has 9 rings (SSSR count). The summed E-state index contributed by atoms with van der Waals surface area (Å²) in [7, 11) is 0. The standard InChI is InChI=1S/C51H44F6N2S6/c1-3-5-7-9-17-35-31(29-45(60-35)43-25-23-41(64-43)39-21-19-37(62-39)33-15-11-13-27-58-33)47-48(50(54,55)51(56,57)49(47,52)53)32-30-46(61-36(32)18-10-8-6-4-2)44-26-24-42(65-44)40-22-20-38(63-40)34-16-12-14-28-59-34/h11-16,19-30H,3-10,17-18H2,1-2H3. The lowest BCUT2D eigenvalue weighted by molar-refractivity contribution is -0.254. The monoisotopic (exact) mass is 990 g/mol. The first kappa shape index (κ1) is 46.0. The van der Waals surface area contributed by atoms with E-state index in [1.165, 1.54) is 57.5 Å². The third kappa shape index (κ3) is 8.91. The molecule has 0 amide bonds. The van der Waals surface area contributed by atoms with E-state index in [0.717, 1.165) is 88.9 Å². The summed E-state index contributed by atoms with van der Waals surface area (Å²) in [6.07, 6.45) is 10.6. The Labute approximate surface area is 399 Å². The van der Waals surface area contributed by atoms with Gasteiger partial charge in [-0.2, -0.15) is 26.3 Å². The van der Waals surface area contributed by atoms with Crippen molar-refractivity contribution in [1.29, 1.82) is 0 Å². The van der Waals surface area contributed by atoms with Crippen LogP contribution in [0.2, 0.25) is 0 Å². The van der Waals surface area contributed by atoms with E-state index in [1.54, 1.807) is 35.1 Å². The molecular weight excluding hydrogens is 947 g/mol. The summed E-state index contributed by atoms with van der Waals surface area (Å²) in [6, 6.07) is 30.1. The van der Waals surface area contributed by atoms with Crippen molar-refractivity contribution >= 4 is 79.2 Å². The first-order valence-electron chi connectivity index (χ1n) is 21.8. The highest BCUT2D eigenvalue weighted by molar-refractivity contribution is 7.28. The Bertz CT molecular complexity index is 2720. The molecule has 1 aliphatic rings. The fraction of sp³-hybridized carbons (Fsp3) is 0.294. The fourth-order valence-corrected chi connectivity index (χ4v) is 14.9. The largest absolute Gasteiger partial charge is 0.380 e. The lowest BCUT2D eigenvalue weighted by atomic mass is 9.93. The lowest BCUT2D eigenvalue weighted by Crippen LogP contribution is -2.49. The summed E-state index contributed by atoms with van der Waals surface area (Å²) in [5.74, 6) is -16.0. The Morgan fingerprint density at radius 3 is 1.11 bits per heavy atom. The zero-order valence-electron chi connectivity index (χ0n) is 35.6. The van der Waals surface area contributed by atoms with Crippen LogP contribution in [0.4, 0.5) is 26.3 Å². The summed E-state index contributed by atoms with van der Waals surface area (Å²) in [5, 5.41) is 0. The maximum Gasteiger partial charge on any atom is 0.380 e. The van der Waals surface area contributed by atoms with Gasteiger partial charge in [-0.25, -0.2) is 0 Å². The SMILES string of the molecule is CCCCCCc1sc(-c2ccc(-c3ccc(-c4ccccn4)s3)s2)cc1C1=C(c2cc(-c3ccc(-c4ccc(-c5ccccn5)s4)s3)sc2CCCCCC)C(F)(F)C(F)(F)C1(F)F. The molecule has 0 aromatic carbocycles. The third-order valence-corrected chi connectivity index (χ3v) is 19.1. The van der Waals surface area contributed by atoms with Gasteiger partial charge >= 0.3 is 17.8 Å². The Hall–Kier alpha value is -4.18. The molecule has 0 saturated heterocycles. The van der Waals surface area contributed by atoms with Crippen LogP contribution in [0, 0.1) is 0 Å². The van der Waals surface area contributed by atoms with Crippen molar-refractivity contribution in [3.63, 3.8) is 0 Å². The molecule has 2 nitrogen and oxygen atoms in total. The molecule has 0 unspecified atom stereocenters. The number of alkyl halides is 6. The van der Waals surface area contributed by atoms with Gasteiger partial charge in [0.25, 0.3) is 0 Å². The van der Waals surface area contributed by atoms with Gasteiger partial charge in [-0.05, 0) is 122 Å². The Balaban J connectivity index is 1.15. The van der Waals surface area contributed by atoms with Gasteiger partial charge in [-0.15, -0.1) is 68.0 Å². The van der Waals surface area contributed by atoms with E-state index in [-0.39, 0.29) is 11.1 Å². The molecule has 0 atom stereocenters. The number of halogens is 6. The number of rotatable bonds is 18. The van der Waals surface area contributed by atoms with Crippen LogP contribution < -0.4 is 0 Å². The maximum atomic E-state index is 16.8. The highest BCUT2D eigenvalue weighted by Crippen LogP contribution is 2.66. The number of aromatic nitrogens is 2. The van der Waals surface area contributed by atoms with Crippen LogP contribution in [0.25, 0.3) is 71.3 Å². The predicted molar refractivity (Wildman–Crippen MR) is 266 cm³/mol. The van der Waals surface area contributed by atoms with Gasteiger partial charge in [0.15, 0.2) is 0 Å². The summed E-state index contributed by atoms with van der Waals surface area (Å²) >= 11 is 8.55. The molecule has 65 heavy (non-hydrogen) atoms. The van der Waals surface area contributed by atoms with Crippen LogP contribution in [0.5, 0.6) is 0 Å². The van der Waals surface area contributed by atoms with E-state index >= 15 is 26.3 Å². The van der Waals surface area contributed by atoms with E-state index < -0.39 is 28.9 Å². The normalized spacial score (nSPS) is 15.4. The number of aryl methyl sites for hydroxylation is 2. The van der Waals surface area contributed by atoms with Crippen LogP contribution in [-0.4, -0.2) is 27.7 Å². The van der Waals surface area contributed by atoms with E-state index in [2.05, 4.69) is 23.8 Å². The second-order valence-electron chi connectivity index (χ2n) is 16.1. The molecule has 0 aliphatic heterocycles. The fourth-order valence-electron chi connectivity index (χ4n) is 8.19. The van der Waals surface area contributed by atoms with Crippen molar-refractivity contribution in [2.24, 2.45) is 0 Å². The van der Waals surface area contributed by atoms with E-state index in [9.17, 15) is 0 Å². The van der Waals surface area contributed by atoms with Gasteiger partial charge in [-0.3, -0.25) is 9.97 Å². The molecule has 14 heteroatoms. The number of unbranched alkanes of at least 4 members (excludes halogenated alkanes) is 6. The lowest BCUT2D eigenvalue weighted by Gasteiger charge is -2.26. The number of pyridine rings is 2. The van der Waals surface area contributed by atoms with E-state index in [4.69, 9.17) is 0 Å². The zero-order chi connectivity index (χ0) is 45.3. The average molecular weight is 991 g/mol. The van der Waals surface area contributed by atoms with Crippen molar-refractivity contribution in [2.75, 3.05) is 0 Å². The third-order valence-electron chi connectivity index (χ3n) is 11.6. The van der Waals surface area contributed by atoms with E-state index in [1.807, 2.05) is 84.9 Å². The number of hydrogen-bond donors (Lipinski definition) is 0. The second kappa shape index (κ2) is 19.2. The molecule has 1 aliphatic carbocycles. The zero-order valence-corrected chi connectivity index (χ0v) is 40.5. The van der Waals surface area contributed by atoms with Crippen LogP contribution in [0.3, 0.4) is 0 Å². The molecule has 0 fully saturated rings. The van der Waals surface area contributed by atoms with Gasteiger partial charge in [0, 0.05) is 72.3 Å². The molecule has 8 heterocycles. The number of hydrogen-bond acceptors (Lipinski definition) is 8. The minimum Gasteiger partial charge on any atom is -0.255 e.